The summed E-state index contributed by atoms with van der Waals surface area (Å²) in [6.45, 7) is 3.79. The monoisotopic (exact) mass is 273 g/mol. The number of rotatable bonds is 3. The molecule has 1 aliphatic rings. The molecule has 0 aliphatic carbocycles. The quantitative estimate of drug-likeness (QED) is 0.794. The van der Waals surface area contributed by atoms with E-state index in [4.69, 9.17) is 4.74 Å². The molecule has 1 aromatic rings. The molecule has 1 aliphatic heterocycles. The van der Waals surface area contributed by atoms with Crippen LogP contribution in [0.3, 0.4) is 0 Å². The van der Waals surface area contributed by atoms with Gasteiger partial charge in [0.15, 0.2) is 0 Å². The number of hydrogen-bond donors (Lipinski definition) is 0. The van der Waals surface area contributed by atoms with Gasteiger partial charge in [-0.15, -0.1) is 5.10 Å². The summed E-state index contributed by atoms with van der Waals surface area (Å²) >= 11 is 3.54. The summed E-state index contributed by atoms with van der Waals surface area (Å²) in [5, 5.41) is 8.02. The summed E-state index contributed by atoms with van der Waals surface area (Å²) in [6.07, 6.45) is 5.71. The molecule has 0 radical (unpaired) electrons. The first-order valence-electron chi connectivity index (χ1n) is 5.41. The highest BCUT2D eigenvalue weighted by Crippen LogP contribution is 2.21. The van der Waals surface area contributed by atoms with Crippen molar-refractivity contribution in [2.45, 2.75) is 43.7 Å². The zero-order chi connectivity index (χ0) is 10.7. The molecule has 0 saturated carbocycles. The van der Waals surface area contributed by atoms with Crippen LogP contribution in [0.1, 0.15) is 36.7 Å². The van der Waals surface area contributed by atoms with Crippen LogP contribution < -0.4 is 0 Å². The summed E-state index contributed by atoms with van der Waals surface area (Å²) in [4.78, 5) is 0.288. The molecule has 1 fully saturated rings. The molecule has 5 heteroatoms. The van der Waals surface area contributed by atoms with Gasteiger partial charge in [-0.05, 0) is 26.2 Å². The Hall–Kier alpha value is -0.420. The van der Waals surface area contributed by atoms with Crippen molar-refractivity contribution in [2.75, 3.05) is 6.61 Å². The Kier molecular flexibility index (Phi) is 3.75. The average molecular weight is 274 g/mol. The van der Waals surface area contributed by atoms with Crippen molar-refractivity contribution in [3.05, 3.63) is 11.9 Å². The number of alkyl halides is 1. The molecule has 0 N–H and O–H groups in total. The van der Waals surface area contributed by atoms with Gasteiger partial charge in [0.1, 0.15) is 0 Å². The third kappa shape index (κ3) is 2.78. The average Bonchev–Trinajstić information content (AvgIpc) is 2.67. The van der Waals surface area contributed by atoms with E-state index in [-0.39, 0.29) is 4.83 Å². The fourth-order valence-electron chi connectivity index (χ4n) is 1.86. The number of ether oxygens (including phenoxy) is 1. The second-order valence-electron chi connectivity index (χ2n) is 3.95. The Bertz CT molecular complexity index is 307. The predicted octanol–water partition coefficient (Wildman–Crippen LogP) is 2.30. The van der Waals surface area contributed by atoms with Crippen LogP contribution in [-0.4, -0.2) is 27.7 Å². The minimum absolute atomic E-state index is 0.288. The summed E-state index contributed by atoms with van der Waals surface area (Å²) in [5.41, 5.74) is 1.11. The van der Waals surface area contributed by atoms with Gasteiger partial charge in [0.05, 0.1) is 29.4 Å². The topological polar surface area (TPSA) is 39.9 Å². The van der Waals surface area contributed by atoms with Gasteiger partial charge < -0.3 is 4.74 Å². The minimum atomic E-state index is 0.288. The Labute approximate surface area is 98.1 Å². The molecule has 84 valence electrons. The molecule has 1 aromatic heterocycles. The lowest BCUT2D eigenvalue weighted by molar-refractivity contribution is 0.00325. The number of hydrogen-bond acceptors (Lipinski definition) is 3. The van der Waals surface area contributed by atoms with E-state index in [0.29, 0.717) is 6.10 Å². The molecule has 0 aromatic carbocycles. The summed E-state index contributed by atoms with van der Waals surface area (Å²) in [7, 11) is 0. The fourth-order valence-corrected chi connectivity index (χ4v) is 2.21. The van der Waals surface area contributed by atoms with E-state index in [9.17, 15) is 0 Å². The standard InChI is InChI=1S/C10H16BrN3O/c1-8(11)10-6-12-13-14(10)7-9-4-2-3-5-15-9/h6,8-9H,2-5,7H2,1H3. The molecule has 0 bridgehead atoms. The van der Waals surface area contributed by atoms with E-state index in [2.05, 4.69) is 33.2 Å². The number of aromatic nitrogens is 3. The molecule has 0 spiro atoms. The molecule has 4 nitrogen and oxygen atoms in total. The van der Waals surface area contributed by atoms with Crippen LogP contribution >= 0.6 is 15.9 Å². The van der Waals surface area contributed by atoms with Crippen molar-refractivity contribution in [1.82, 2.24) is 15.0 Å². The molecular formula is C10H16BrN3O. The third-order valence-corrected chi connectivity index (χ3v) is 3.17. The van der Waals surface area contributed by atoms with Gasteiger partial charge in [-0.1, -0.05) is 21.1 Å². The first-order valence-corrected chi connectivity index (χ1v) is 6.33. The van der Waals surface area contributed by atoms with Crippen LogP contribution in [-0.2, 0) is 11.3 Å². The molecule has 2 heterocycles. The van der Waals surface area contributed by atoms with Gasteiger partial charge in [-0.3, -0.25) is 0 Å². The van der Waals surface area contributed by atoms with Gasteiger partial charge >= 0.3 is 0 Å². The SMILES string of the molecule is CC(Br)c1cnnn1CC1CCCCO1. The minimum Gasteiger partial charge on any atom is -0.376 e. The van der Waals surface area contributed by atoms with Crippen molar-refractivity contribution in [1.29, 1.82) is 0 Å². The molecule has 1 saturated heterocycles. The van der Waals surface area contributed by atoms with Gasteiger partial charge in [0, 0.05) is 6.61 Å². The molecule has 15 heavy (non-hydrogen) atoms. The zero-order valence-electron chi connectivity index (χ0n) is 8.90. The van der Waals surface area contributed by atoms with Crippen molar-refractivity contribution < 1.29 is 4.74 Å². The Morgan fingerprint density at radius 2 is 2.53 bits per heavy atom. The predicted molar refractivity (Wildman–Crippen MR) is 61.0 cm³/mol. The van der Waals surface area contributed by atoms with Crippen LogP contribution in [0.5, 0.6) is 0 Å². The van der Waals surface area contributed by atoms with Crippen LogP contribution in [0.4, 0.5) is 0 Å². The lowest BCUT2D eigenvalue weighted by atomic mass is 10.1. The van der Waals surface area contributed by atoms with Gasteiger partial charge in [0.25, 0.3) is 0 Å². The van der Waals surface area contributed by atoms with Crippen molar-refractivity contribution in [3.8, 4) is 0 Å². The highest BCUT2D eigenvalue weighted by atomic mass is 79.9. The molecule has 2 rings (SSSR count). The van der Waals surface area contributed by atoms with E-state index < -0.39 is 0 Å². The van der Waals surface area contributed by atoms with Gasteiger partial charge in [0.2, 0.25) is 0 Å². The van der Waals surface area contributed by atoms with Crippen LogP contribution in [0.25, 0.3) is 0 Å². The number of nitrogens with zero attached hydrogens (tertiary/aromatic N) is 3. The van der Waals surface area contributed by atoms with Crippen molar-refractivity contribution >= 4 is 15.9 Å². The van der Waals surface area contributed by atoms with E-state index >= 15 is 0 Å². The molecular weight excluding hydrogens is 258 g/mol. The molecule has 2 unspecified atom stereocenters. The zero-order valence-corrected chi connectivity index (χ0v) is 10.5. The van der Waals surface area contributed by atoms with E-state index in [1.165, 1.54) is 12.8 Å². The highest BCUT2D eigenvalue weighted by molar-refractivity contribution is 9.09. The second-order valence-corrected chi connectivity index (χ2v) is 5.32. The molecule has 2 atom stereocenters. The second kappa shape index (κ2) is 5.07. The lowest BCUT2D eigenvalue weighted by Gasteiger charge is -2.23. The summed E-state index contributed by atoms with van der Waals surface area (Å²) in [5.74, 6) is 0. The summed E-state index contributed by atoms with van der Waals surface area (Å²) in [6, 6.07) is 0. The maximum atomic E-state index is 5.68. The number of halogens is 1. The van der Waals surface area contributed by atoms with Crippen LogP contribution in [0, 0.1) is 0 Å². The van der Waals surface area contributed by atoms with Crippen molar-refractivity contribution in [2.24, 2.45) is 0 Å². The first kappa shape index (κ1) is 11.1. The van der Waals surface area contributed by atoms with E-state index in [1.807, 2.05) is 10.9 Å². The van der Waals surface area contributed by atoms with Gasteiger partial charge in [-0.2, -0.15) is 0 Å². The Morgan fingerprint density at radius 3 is 3.20 bits per heavy atom. The smallest absolute Gasteiger partial charge is 0.0771 e. The lowest BCUT2D eigenvalue weighted by Crippen LogP contribution is -2.26. The molecule has 0 amide bonds. The maximum absolute atomic E-state index is 5.68. The summed E-state index contributed by atoms with van der Waals surface area (Å²) < 4.78 is 7.62. The van der Waals surface area contributed by atoms with E-state index in [0.717, 1.165) is 25.3 Å². The first-order chi connectivity index (χ1) is 7.27. The van der Waals surface area contributed by atoms with Crippen molar-refractivity contribution in [3.63, 3.8) is 0 Å². The third-order valence-electron chi connectivity index (χ3n) is 2.71. The van der Waals surface area contributed by atoms with Crippen LogP contribution in [0.15, 0.2) is 6.20 Å². The van der Waals surface area contributed by atoms with E-state index in [1.54, 1.807) is 0 Å². The van der Waals surface area contributed by atoms with Crippen LogP contribution in [0.2, 0.25) is 0 Å². The Morgan fingerprint density at radius 1 is 1.67 bits per heavy atom. The highest BCUT2D eigenvalue weighted by Gasteiger charge is 2.17. The normalized spacial score (nSPS) is 24.0. The van der Waals surface area contributed by atoms with Gasteiger partial charge in [-0.25, -0.2) is 4.68 Å². The Balaban J connectivity index is 1.99. The fraction of sp³-hybridized carbons (Fsp3) is 0.800. The largest absolute Gasteiger partial charge is 0.376 e. The maximum Gasteiger partial charge on any atom is 0.0771 e.